The molecule has 3 rings (SSSR count). The van der Waals surface area contributed by atoms with E-state index in [1.807, 2.05) is 12.3 Å². The number of aromatic amines is 1. The zero-order valence-electron chi connectivity index (χ0n) is 20.8. The first-order valence-corrected chi connectivity index (χ1v) is 12.9. The molecule has 0 aliphatic carbocycles. The van der Waals surface area contributed by atoms with Crippen LogP contribution in [0.25, 0.3) is 5.70 Å². The van der Waals surface area contributed by atoms with E-state index in [4.69, 9.17) is 9.73 Å². The van der Waals surface area contributed by atoms with E-state index in [0.29, 0.717) is 6.61 Å². The molecule has 0 spiro atoms. The highest BCUT2D eigenvalue weighted by Gasteiger charge is 2.32. The van der Waals surface area contributed by atoms with Crippen LogP contribution in [0.3, 0.4) is 0 Å². The molecule has 1 atom stereocenters. The van der Waals surface area contributed by atoms with Crippen LogP contribution in [0.2, 0.25) is 0 Å². The Kier molecular flexibility index (Phi) is 9.86. The normalized spacial score (nSPS) is 20.7. The van der Waals surface area contributed by atoms with Crippen molar-refractivity contribution in [2.75, 3.05) is 13.7 Å². The summed E-state index contributed by atoms with van der Waals surface area (Å²) in [7, 11) is 2.13. The van der Waals surface area contributed by atoms with Gasteiger partial charge in [-0.05, 0) is 56.0 Å². The second-order valence-electron chi connectivity index (χ2n) is 9.00. The molecule has 0 aromatic carbocycles. The van der Waals surface area contributed by atoms with Crippen molar-refractivity contribution in [2.45, 2.75) is 97.5 Å². The van der Waals surface area contributed by atoms with E-state index in [9.17, 15) is 0 Å². The standard InChI is InChI=1S/C28H43N3O/c1-5-8-9-10-11-12-13-14-15-17-22-20-25(30-23(22)6-2)28-27(32-7-3)21-26(31(28)4)24-18-16-19-29-24/h16,18-21,27,29H,5-15,17H2,1-4H3. The van der Waals surface area contributed by atoms with Gasteiger partial charge in [0.25, 0.3) is 0 Å². The third kappa shape index (κ3) is 6.25. The molecular formula is C28H43N3O. The van der Waals surface area contributed by atoms with Crippen LogP contribution < -0.4 is 0 Å². The van der Waals surface area contributed by atoms with Gasteiger partial charge in [0, 0.05) is 25.6 Å². The highest BCUT2D eigenvalue weighted by Crippen LogP contribution is 2.37. The molecule has 0 fully saturated rings. The lowest BCUT2D eigenvalue weighted by molar-refractivity contribution is 0.114. The molecular weight excluding hydrogens is 394 g/mol. The van der Waals surface area contributed by atoms with Gasteiger partial charge < -0.3 is 14.6 Å². The molecule has 1 aromatic rings. The van der Waals surface area contributed by atoms with Crippen molar-refractivity contribution in [3.8, 4) is 0 Å². The maximum absolute atomic E-state index is 6.10. The number of allylic oxidation sites excluding steroid dienone is 2. The molecule has 2 aliphatic heterocycles. The Labute approximate surface area is 195 Å². The molecule has 1 aromatic heterocycles. The van der Waals surface area contributed by atoms with Gasteiger partial charge in [-0.25, -0.2) is 0 Å². The molecule has 0 bridgehead atoms. The third-order valence-corrected chi connectivity index (χ3v) is 6.61. The SMILES string of the molecule is CCCCCCCCCCCC1=CC(=C2C(OCC)C=C(c3ccc[nH]3)N2C)N=C1CC. The average Bonchev–Trinajstić information content (AvgIpc) is 3.52. The van der Waals surface area contributed by atoms with Crippen LogP contribution in [0.1, 0.15) is 97.1 Å². The first kappa shape index (κ1) is 24.6. The van der Waals surface area contributed by atoms with Crippen LogP contribution >= 0.6 is 0 Å². The molecule has 4 nitrogen and oxygen atoms in total. The number of aromatic nitrogens is 1. The van der Waals surface area contributed by atoms with Crippen molar-refractivity contribution in [2.24, 2.45) is 4.99 Å². The number of hydrogen-bond donors (Lipinski definition) is 1. The Balaban J connectivity index is 1.61. The van der Waals surface area contributed by atoms with Gasteiger partial charge in [0.05, 0.1) is 22.8 Å². The minimum Gasteiger partial charge on any atom is -0.368 e. The number of aliphatic imine (C=N–C) groups is 1. The highest BCUT2D eigenvalue weighted by atomic mass is 16.5. The Morgan fingerprint density at radius 2 is 1.72 bits per heavy atom. The van der Waals surface area contributed by atoms with Crippen molar-refractivity contribution in [1.82, 2.24) is 9.88 Å². The molecule has 0 amide bonds. The summed E-state index contributed by atoms with van der Waals surface area (Å²) in [4.78, 5) is 10.6. The van der Waals surface area contributed by atoms with Crippen LogP contribution in [0.4, 0.5) is 0 Å². The van der Waals surface area contributed by atoms with E-state index in [1.54, 1.807) is 0 Å². The lowest BCUT2D eigenvalue weighted by atomic mass is 10.0. The number of rotatable bonds is 14. The van der Waals surface area contributed by atoms with E-state index >= 15 is 0 Å². The fourth-order valence-electron chi connectivity index (χ4n) is 4.82. The zero-order chi connectivity index (χ0) is 22.8. The van der Waals surface area contributed by atoms with Crippen molar-refractivity contribution in [1.29, 1.82) is 0 Å². The molecule has 2 aliphatic rings. The molecule has 0 radical (unpaired) electrons. The quantitative estimate of drug-likeness (QED) is 0.304. The molecule has 1 unspecified atom stereocenters. The number of unbranched alkanes of at least 4 members (excludes halogenated alkanes) is 8. The first-order chi connectivity index (χ1) is 15.7. The molecule has 32 heavy (non-hydrogen) atoms. The molecule has 0 saturated carbocycles. The Morgan fingerprint density at radius 3 is 2.34 bits per heavy atom. The van der Waals surface area contributed by atoms with Crippen LogP contribution in [-0.2, 0) is 4.74 Å². The van der Waals surface area contributed by atoms with Crippen LogP contribution in [0.15, 0.2) is 52.4 Å². The maximum atomic E-state index is 6.10. The Morgan fingerprint density at radius 1 is 1.00 bits per heavy atom. The fourth-order valence-corrected chi connectivity index (χ4v) is 4.82. The molecule has 0 saturated heterocycles. The van der Waals surface area contributed by atoms with Gasteiger partial charge in [0.2, 0.25) is 0 Å². The summed E-state index contributed by atoms with van der Waals surface area (Å²) in [6.07, 6.45) is 20.9. The van der Waals surface area contributed by atoms with E-state index in [-0.39, 0.29) is 6.10 Å². The Bertz CT molecular complexity index is 829. The minimum absolute atomic E-state index is 0.0523. The van der Waals surface area contributed by atoms with Crippen LogP contribution in [0, 0.1) is 0 Å². The largest absolute Gasteiger partial charge is 0.368 e. The number of nitrogens with zero attached hydrogens (tertiary/aromatic N) is 2. The monoisotopic (exact) mass is 437 g/mol. The minimum atomic E-state index is -0.0523. The lowest BCUT2D eigenvalue weighted by Crippen LogP contribution is -2.20. The number of likely N-dealkylation sites (N-methyl/N-ethyl adjacent to an activating group) is 1. The van der Waals surface area contributed by atoms with Gasteiger partial charge >= 0.3 is 0 Å². The Hall–Kier alpha value is -2.07. The summed E-state index contributed by atoms with van der Waals surface area (Å²) in [5.41, 5.74) is 7.18. The fraction of sp³-hybridized carbons (Fsp3) is 0.607. The lowest BCUT2D eigenvalue weighted by Gasteiger charge is -2.21. The van der Waals surface area contributed by atoms with E-state index in [2.05, 4.69) is 55.9 Å². The molecule has 3 heterocycles. The van der Waals surface area contributed by atoms with Crippen LogP contribution in [0.5, 0.6) is 0 Å². The number of hydrogen-bond acceptors (Lipinski definition) is 3. The second-order valence-corrected chi connectivity index (χ2v) is 9.00. The van der Waals surface area contributed by atoms with Crippen molar-refractivity contribution in [3.05, 3.63) is 53.1 Å². The van der Waals surface area contributed by atoms with E-state index in [0.717, 1.165) is 35.6 Å². The zero-order valence-corrected chi connectivity index (χ0v) is 20.8. The predicted molar refractivity (Wildman–Crippen MR) is 137 cm³/mol. The molecule has 4 heteroatoms. The second kappa shape index (κ2) is 12.8. The highest BCUT2D eigenvalue weighted by molar-refractivity contribution is 6.03. The van der Waals surface area contributed by atoms with E-state index < -0.39 is 0 Å². The van der Waals surface area contributed by atoms with Gasteiger partial charge in [0.15, 0.2) is 0 Å². The summed E-state index contributed by atoms with van der Waals surface area (Å²) >= 11 is 0. The number of nitrogens with one attached hydrogen (secondary N) is 1. The van der Waals surface area contributed by atoms with Crippen molar-refractivity contribution in [3.63, 3.8) is 0 Å². The summed E-state index contributed by atoms with van der Waals surface area (Å²) < 4.78 is 6.10. The smallest absolute Gasteiger partial charge is 0.120 e. The van der Waals surface area contributed by atoms with Gasteiger partial charge in [-0.3, -0.25) is 4.99 Å². The number of H-pyrrole nitrogens is 1. The summed E-state index contributed by atoms with van der Waals surface area (Å²) in [5.74, 6) is 0. The van der Waals surface area contributed by atoms with Crippen LogP contribution in [-0.4, -0.2) is 35.4 Å². The van der Waals surface area contributed by atoms with Gasteiger partial charge in [-0.1, -0.05) is 65.2 Å². The van der Waals surface area contributed by atoms with Crippen molar-refractivity contribution < 1.29 is 4.74 Å². The summed E-state index contributed by atoms with van der Waals surface area (Å²) in [6, 6.07) is 4.15. The number of ether oxygens (including phenoxy) is 1. The van der Waals surface area contributed by atoms with Gasteiger partial charge in [0.1, 0.15) is 6.10 Å². The van der Waals surface area contributed by atoms with Gasteiger partial charge in [-0.2, -0.15) is 0 Å². The topological polar surface area (TPSA) is 40.6 Å². The third-order valence-electron chi connectivity index (χ3n) is 6.61. The summed E-state index contributed by atoms with van der Waals surface area (Å²) in [6.45, 7) is 7.25. The average molecular weight is 438 g/mol. The molecule has 176 valence electrons. The maximum Gasteiger partial charge on any atom is 0.120 e. The van der Waals surface area contributed by atoms with E-state index in [1.165, 1.54) is 69.1 Å². The first-order valence-electron chi connectivity index (χ1n) is 12.9. The van der Waals surface area contributed by atoms with Gasteiger partial charge in [-0.15, -0.1) is 0 Å². The molecule has 1 N–H and O–H groups in total. The summed E-state index contributed by atoms with van der Waals surface area (Å²) in [5, 5.41) is 0. The van der Waals surface area contributed by atoms with Crippen molar-refractivity contribution >= 4 is 11.4 Å². The predicted octanol–water partition coefficient (Wildman–Crippen LogP) is 7.63.